The number of likely N-dealkylation sites (N-methyl/N-ethyl adjacent to an activating group) is 1. The van der Waals surface area contributed by atoms with Crippen LogP contribution in [0, 0.1) is 0 Å². The highest BCUT2D eigenvalue weighted by Gasteiger charge is 2.29. The molecule has 2 aromatic heterocycles. The minimum absolute atomic E-state index is 0.397. The largest absolute Gasteiger partial charge is 0.465 e. The lowest BCUT2D eigenvalue weighted by Gasteiger charge is -2.17. The van der Waals surface area contributed by atoms with Crippen LogP contribution in [0.2, 0.25) is 0 Å². The Labute approximate surface area is 171 Å². The van der Waals surface area contributed by atoms with E-state index in [1.165, 1.54) is 25.4 Å². The zero-order valence-corrected chi connectivity index (χ0v) is 16.6. The van der Waals surface area contributed by atoms with Crippen molar-refractivity contribution in [3.8, 4) is 11.4 Å². The smallest absolute Gasteiger partial charge is 0.416 e. The highest BCUT2D eigenvalue weighted by atomic mass is 19.4. The van der Waals surface area contributed by atoms with E-state index in [0.29, 0.717) is 36.6 Å². The molecule has 0 bridgehead atoms. The molecule has 158 valence electrons. The van der Waals surface area contributed by atoms with Gasteiger partial charge in [-0.3, -0.25) is 4.98 Å². The van der Waals surface area contributed by atoms with E-state index in [0.717, 1.165) is 17.7 Å². The normalized spacial score (nSPS) is 11.7. The number of imidazole rings is 1. The molecular weight excluding hydrogens is 397 g/mol. The summed E-state index contributed by atoms with van der Waals surface area (Å²) < 4.78 is 44.6. The Kier molecular flexibility index (Phi) is 6.51. The van der Waals surface area contributed by atoms with Crippen LogP contribution >= 0.6 is 0 Å². The van der Waals surface area contributed by atoms with Gasteiger partial charge in [0.2, 0.25) is 0 Å². The Bertz CT molecular complexity index is 1000. The van der Waals surface area contributed by atoms with Crippen molar-refractivity contribution in [3.05, 3.63) is 71.8 Å². The average molecular weight is 418 g/mol. The molecule has 0 fully saturated rings. The quantitative estimate of drug-likeness (QED) is 0.545. The van der Waals surface area contributed by atoms with Gasteiger partial charge in [0.1, 0.15) is 5.69 Å². The Balaban J connectivity index is 1.57. The number of methoxy groups -OCH3 is 1. The number of carbonyl (C=O) groups excluding carboxylic acids is 1. The molecule has 30 heavy (non-hydrogen) atoms. The summed E-state index contributed by atoms with van der Waals surface area (Å²) in [5, 5.41) is 0. The predicted molar refractivity (Wildman–Crippen MR) is 105 cm³/mol. The Hall–Kier alpha value is -3.20. The monoisotopic (exact) mass is 418 g/mol. The fourth-order valence-electron chi connectivity index (χ4n) is 2.91. The molecule has 0 saturated heterocycles. The van der Waals surface area contributed by atoms with Gasteiger partial charge in [0.25, 0.3) is 0 Å². The predicted octanol–water partition coefficient (Wildman–Crippen LogP) is 3.88. The summed E-state index contributed by atoms with van der Waals surface area (Å²) in [6, 6.07) is 8.38. The molecule has 0 N–H and O–H groups in total. The number of pyridine rings is 1. The van der Waals surface area contributed by atoms with E-state index < -0.39 is 17.7 Å². The Morgan fingerprint density at radius 3 is 2.53 bits per heavy atom. The lowest BCUT2D eigenvalue weighted by atomic mass is 10.1. The second-order valence-corrected chi connectivity index (χ2v) is 6.85. The van der Waals surface area contributed by atoms with Crippen molar-refractivity contribution in [3.63, 3.8) is 0 Å². The summed E-state index contributed by atoms with van der Waals surface area (Å²) in [5.74, 6) is -0.442. The number of hydrogen-bond donors (Lipinski definition) is 0. The zero-order chi connectivity index (χ0) is 21.7. The molecule has 0 aliphatic rings. The molecule has 6 nitrogen and oxygen atoms in total. The lowest BCUT2D eigenvalue weighted by Crippen LogP contribution is -2.22. The van der Waals surface area contributed by atoms with Gasteiger partial charge in [0.05, 0.1) is 30.3 Å². The zero-order valence-electron chi connectivity index (χ0n) is 16.6. The summed E-state index contributed by atoms with van der Waals surface area (Å²) in [6.45, 7) is 1.84. The highest BCUT2D eigenvalue weighted by molar-refractivity contribution is 5.90. The van der Waals surface area contributed by atoms with E-state index >= 15 is 0 Å². The summed E-state index contributed by atoms with van der Waals surface area (Å²) in [5.41, 5.74) is 1.75. The minimum atomic E-state index is -4.32. The van der Waals surface area contributed by atoms with Crippen molar-refractivity contribution in [2.75, 3.05) is 20.7 Å². The molecule has 9 heteroatoms. The van der Waals surface area contributed by atoms with Crippen molar-refractivity contribution in [2.24, 2.45) is 0 Å². The average Bonchev–Trinajstić information content (AvgIpc) is 3.21. The van der Waals surface area contributed by atoms with Crippen LogP contribution < -0.4 is 0 Å². The summed E-state index contributed by atoms with van der Waals surface area (Å²) >= 11 is 0. The molecule has 0 amide bonds. The maximum absolute atomic E-state index is 12.6. The van der Waals surface area contributed by atoms with Crippen LogP contribution in [0.4, 0.5) is 13.2 Å². The maximum Gasteiger partial charge on any atom is 0.416 e. The first-order chi connectivity index (χ1) is 14.3. The molecule has 0 saturated carbocycles. The lowest BCUT2D eigenvalue weighted by molar-refractivity contribution is -0.137. The summed E-state index contributed by atoms with van der Waals surface area (Å²) in [7, 11) is 3.22. The van der Waals surface area contributed by atoms with Gasteiger partial charge in [-0.2, -0.15) is 13.2 Å². The molecule has 3 aromatic rings. The number of nitrogens with zero attached hydrogens (tertiary/aromatic N) is 4. The number of halogens is 3. The van der Waals surface area contributed by atoms with Crippen LogP contribution in [0.3, 0.4) is 0 Å². The maximum atomic E-state index is 12.6. The number of carbonyl (C=O) groups is 1. The minimum Gasteiger partial charge on any atom is -0.465 e. The van der Waals surface area contributed by atoms with Gasteiger partial charge in [-0.1, -0.05) is 12.1 Å². The van der Waals surface area contributed by atoms with Crippen molar-refractivity contribution < 1.29 is 22.7 Å². The number of ether oxygens (including phenoxy) is 1. The van der Waals surface area contributed by atoms with Crippen LogP contribution in [0.5, 0.6) is 0 Å². The van der Waals surface area contributed by atoms with Gasteiger partial charge in [-0.05, 0) is 36.9 Å². The van der Waals surface area contributed by atoms with Crippen molar-refractivity contribution in [1.82, 2.24) is 19.4 Å². The van der Waals surface area contributed by atoms with Crippen LogP contribution in [0.25, 0.3) is 11.4 Å². The molecule has 1 aromatic carbocycles. The number of esters is 1. The Morgan fingerprint density at radius 1 is 1.13 bits per heavy atom. The van der Waals surface area contributed by atoms with Crippen LogP contribution in [0.1, 0.15) is 21.5 Å². The number of alkyl halides is 3. The second-order valence-electron chi connectivity index (χ2n) is 6.85. The van der Waals surface area contributed by atoms with E-state index in [-0.39, 0.29) is 0 Å². The molecule has 0 atom stereocenters. The van der Waals surface area contributed by atoms with Crippen LogP contribution in [0.15, 0.2) is 55.1 Å². The third-order valence-corrected chi connectivity index (χ3v) is 4.55. The molecular formula is C21H21F3N4O2. The van der Waals surface area contributed by atoms with E-state index in [4.69, 9.17) is 4.74 Å². The molecule has 0 unspecified atom stereocenters. The fourth-order valence-corrected chi connectivity index (χ4v) is 2.91. The highest BCUT2D eigenvalue weighted by Crippen LogP contribution is 2.29. The summed E-state index contributed by atoms with van der Waals surface area (Å²) in [6.07, 6.45) is 0.705. The van der Waals surface area contributed by atoms with E-state index in [1.54, 1.807) is 18.5 Å². The van der Waals surface area contributed by atoms with Gasteiger partial charge in [-0.15, -0.1) is 0 Å². The van der Waals surface area contributed by atoms with E-state index in [1.807, 2.05) is 22.7 Å². The van der Waals surface area contributed by atoms with Crippen LogP contribution in [-0.4, -0.2) is 46.1 Å². The van der Waals surface area contributed by atoms with Crippen LogP contribution in [-0.2, 0) is 24.0 Å². The fraction of sp³-hybridized carbons (Fsp3) is 0.286. The molecule has 0 spiro atoms. The van der Waals surface area contributed by atoms with Gasteiger partial charge >= 0.3 is 12.1 Å². The number of aromatic nitrogens is 3. The van der Waals surface area contributed by atoms with Gasteiger partial charge in [0, 0.05) is 32.0 Å². The topological polar surface area (TPSA) is 60.2 Å². The standard InChI is InChI=1S/C21H21F3N4O2/c1-27(12-15-3-5-17(6-4-15)21(22,23)24)9-10-28-13-19(26-14-28)18-11-16(7-8-25-18)20(29)30-2/h3-8,11,13-14H,9-10,12H2,1-2H3. The molecule has 3 rings (SSSR count). The van der Waals surface area contributed by atoms with Crippen molar-refractivity contribution in [2.45, 2.75) is 19.3 Å². The third-order valence-electron chi connectivity index (χ3n) is 4.55. The molecule has 0 aliphatic heterocycles. The Morgan fingerprint density at radius 2 is 1.87 bits per heavy atom. The molecule has 0 aliphatic carbocycles. The second kappa shape index (κ2) is 9.08. The van der Waals surface area contributed by atoms with Gasteiger partial charge < -0.3 is 14.2 Å². The van der Waals surface area contributed by atoms with E-state index in [9.17, 15) is 18.0 Å². The first-order valence-corrected chi connectivity index (χ1v) is 9.17. The van der Waals surface area contributed by atoms with Gasteiger partial charge in [-0.25, -0.2) is 9.78 Å². The molecule has 0 radical (unpaired) electrons. The van der Waals surface area contributed by atoms with Crippen molar-refractivity contribution >= 4 is 5.97 Å². The van der Waals surface area contributed by atoms with E-state index in [2.05, 4.69) is 9.97 Å². The SMILES string of the molecule is COC(=O)c1ccnc(-c2cn(CCN(C)Cc3ccc(C(F)(F)F)cc3)cn2)c1. The molecule has 2 heterocycles. The third kappa shape index (κ3) is 5.44. The summed E-state index contributed by atoms with van der Waals surface area (Å²) in [4.78, 5) is 22.2. The number of rotatable bonds is 7. The van der Waals surface area contributed by atoms with Gasteiger partial charge in [0.15, 0.2) is 0 Å². The number of hydrogen-bond acceptors (Lipinski definition) is 5. The first-order valence-electron chi connectivity index (χ1n) is 9.17. The first kappa shape index (κ1) is 21.5. The van der Waals surface area contributed by atoms with Crippen molar-refractivity contribution in [1.29, 1.82) is 0 Å². The number of benzene rings is 1.